The molecule has 0 heterocycles. The SMILES string of the molecule is CN=C(NCCCNC(=O)c1ccc(Br)cc1)NCCc1ccc(OC)cc1. The Labute approximate surface area is 174 Å². The van der Waals surface area contributed by atoms with Gasteiger partial charge in [-0.2, -0.15) is 0 Å². The third kappa shape index (κ3) is 7.60. The van der Waals surface area contributed by atoms with Gasteiger partial charge in [-0.15, -0.1) is 0 Å². The smallest absolute Gasteiger partial charge is 0.251 e. The number of hydrogen-bond acceptors (Lipinski definition) is 3. The summed E-state index contributed by atoms with van der Waals surface area (Å²) >= 11 is 3.36. The highest BCUT2D eigenvalue weighted by Crippen LogP contribution is 2.11. The molecule has 0 unspecified atom stereocenters. The monoisotopic (exact) mass is 446 g/mol. The molecular formula is C21H27BrN4O2. The lowest BCUT2D eigenvalue weighted by molar-refractivity contribution is 0.0953. The molecule has 2 rings (SSSR count). The molecule has 0 bridgehead atoms. The largest absolute Gasteiger partial charge is 0.497 e. The van der Waals surface area contributed by atoms with Crippen LogP contribution in [0.2, 0.25) is 0 Å². The van der Waals surface area contributed by atoms with Crippen molar-refractivity contribution in [1.29, 1.82) is 0 Å². The highest BCUT2D eigenvalue weighted by atomic mass is 79.9. The number of nitrogens with zero attached hydrogens (tertiary/aromatic N) is 1. The molecule has 2 aromatic rings. The Balaban J connectivity index is 1.60. The Morgan fingerprint density at radius 3 is 2.25 bits per heavy atom. The first kappa shape index (κ1) is 21.8. The molecule has 0 saturated carbocycles. The van der Waals surface area contributed by atoms with E-state index in [4.69, 9.17) is 4.74 Å². The van der Waals surface area contributed by atoms with Crippen LogP contribution in [-0.2, 0) is 6.42 Å². The van der Waals surface area contributed by atoms with Crippen LogP contribution in [0.3, 0.4) is 0 Å². The molecule has 0 aliphatic rings. The molecule has 0 atom stereocenters. The summed E-state index contributed by atoms with van der Waals surface area (Å²) in [5.41, 5.74) is 1.89. The first-order valence-corrected chi connectivity index (χ1v) is 10.0. The van der Waals surface area contributed by atoms with E-state index in [1.807, 2.05) is 24.3 Å². The lowest BCUT2D eigenvalue weighted by Crippen LogP contribution is -2.39. The Morgan fingerprint density at radius 1 is 0.964 bits per heavy atom. The summed E-state index contributed by atoms with van der Waals surface area (Å²) < 4.78 is 6.12. The van der Waals surface area contributed by atoms with Gasteiger partial charge in [0.15, 0.2) is 5.96 Å². The van der Waals surface area contributed by atoms with Gasteiger partial charge in [0.05, 0.1) is 7.11 Å². The van der Waals surface area contributed by atoms with Gasteiger partial charge in [-0.25, -0.2) is 0 Å². The number of halogens is 1. The van der Waals surface area contributed by atoms with Gasteiger partial charge in [-0.05, 0) is 54.8 Å². The highest BCUT2D eigenvalue weighted by Gasteiger charge is 2.04. The second-order valence-corrected chi connectivity index (χ2v) is 7.06. The zero-order valence-electron chi connectivity index (χ0n) is 16.3. The van der Waals surface area contributed by atoms with E-state index in [0.29, 0.717) is 12.1 Å². The molecule has 0 aliphatic heterocycles. The third-order valence-electron chi connectivity index (χ3n) is 4.13. The summed E-state index contributed by atoms with van der Waals surface area (Å²) in [5, 5.41) is 9.47. The normalized spacial score (nSPS) is 11.0. The van der Waals surface area contributed by atoms with Crippen LogP contribution in [0.4, 0.5) is 0 Å². The maximum absolute atomic E-state index is 12.0. The van der Waals surface area contributed by atoms with Gasteiger partial charge in [0.2, 0.25) is 0 Å². The predicted octanol–water partition coefficient (Wildman–Crippen LogP) is 2.99. The molecule has 0 aromatic heterocycles. The number of amides is 1. The van der Waals surface area contributed by atoms with Crippen molar-refractivity contribution in [2.75, 3.05) is 33.8 Å². The number of aliphatic imine (C=N–C) groups is 1. The molecule has 3 N–H and O–H groups in total. The van der Waals surface area contributed by atoms with Crippen LogP contribution in [0.25, 0.3) is 0 Å². The molecule has 2 aromatic carbocycles. The molecule has 0 spiro atoms. The third-order valence-corrected chi connectivity index (χ3v) is 4.66. The van der Waals surface area contributed by atoms with Crippen LogP contribution in [-0.4, -0.2) is 45.7 Å². The van der Waals surface area contributed by atoms with Crippen LogP contribution in [0.5, 0.6) is 5.75 Å². The Kier molecular flexibility index (Phi) is 9.34. The molecule has 150 valence electrons. The minimum atomic E-state index is -0.0606. The lowest BCUT2D eigenvalue weighted by Gasteiger charge is -2.12. The topological polar surface area (TPSA) is 74.8 Å². The quantitative estimate of drug-likeness (QED) is 0.314. The summed E-state index contributed by atoms with van der Waals surface area (Å²) in [6.45, 7) is 2.11. The molecule has 1 amide bonds. The molecule has 6 nitrogen and oxygen atoms in total. The first-order valence-electron chi connectivity index (χ1n) is 9.23. The van der Waals surface area contributed by atoms with Gasteiger partial charge in [0.1, 0.15) is 5.75 Å². The second-order valence-electron chi connectivity index (χ2n) is 6.14. The average molecular weight is 447 g/mol. The highest BCUT2D eigenvalue weighted by molar-refractivity contribution is 9.10. The van der Waals surface area contributed by atoms with Gasteiger partial charge >= 0.3 is 0 Å². The van der Waals surface area contributed by atoms with Crippen molar-refractivity contribution in [1.82, 2.24) is 16.0 Å². The number of nitrogens with one attached hydrogen (secondary N) is 3. The zero-order valence-corrected chi connectivity index (χ0v) is 17.9. The molecule has 7 heteroatoms. The van der Waals surface area contributed by atoms with Crippen LogP contribution in [0, 0.1) is 0 Å². The van der Waals surface area contributed by atoms with Crippen LogP contribution < -0.4 is 20.7 Å². The minimum absolute atomic E-state index is 0.0606. The summed E-state index contributed by atoms with van der Waals surface area (Å²) in [6.07, 6.45) is 1.70. The fourth-order valence-corrected chi connectivity index (χ4v) is 2.80. The molecular weight excluding hydrogens is 420 g/mol. The number of ether oxygens (including phenoxy) is 1. The lowest BCUT2D eigenvalue weighted by atomic mass is 10.1. The summed E-state index contributed by atoms with van der Waals surface area (Å²) in [7, 11) is 3.41. The Bertz CT molecular complexity index is 761. The zero-order chi connectivity index (χ0) is 20.2. The molecule has 0 saturated heterocycles. The molecule has 0 radical (unpaired) electrons. The van der Waals surface area contributed by atoms with E-state index in [9.17, 15) is 4.79 Å². The number of methoxy groups -OCH3 is 1. The van der Waals surface area contributed by atoms with E-state index < -0.39 is 0 Å². The van der Waals surface area contributed by atoms with Crippen molar-refractivity contribution in [3.05, 3.63) is 64.1 Å². The number of guanidine groups is 1. The van der Waals surface area contributed by atoms with Gasteiger partial charge in [0.25, 0.3) is 5.91 Å². The second kappa shape index (κ2) is 12.0. The number of carbonyl (C=O) groups is 1. The standard InChI is InChI=1S/C21H27BrN4O2/c1-23-21(26-15-12-16-4-10-19(28-2)11-5-16)25-14-3-13-24-20(27)17-6-8-18(22)9-7-17/h4-11H,3,12-15H2,1-2H3,(H,24,27)(H2,23,25,26). The van der Waals surface area contributed by atoms with E-state index in [1.54, 1.807) is 26.3 Å². The van der Waals surface area contributed by atoms with Crippen molar-refractivity contribution in [3.8, 4) is 5.75 Å². The van der Waals surface area contributed by atoms with Gasteiger partial charge in [0, 0.05) is 36.7 Å². The van der Waals surface area contributed by atoms with E-state index in [1.165, 1.54) is 5.56 Å². The number of rotatable bonds is 9. The maximum atomic E-state index is 12.0. The van der Waals surface area contributed by atoms with Gasteiger partial charge in [-0.3, -0.25) is 9.79 Å². The minimum Gasteiger partial charge on any atom is -0.497 e. The van der Waals surface area contributed by atoms with Crippen molar-refractivity contribution < 1.29 is 9.53 Å². The fourth-order valence-electron chi connectivity index (χ4n) is 2.54. The van der Waals surface area contributed by atoms with Crippen LogP contribution in [0.15, 0.2) is 58.0 Å². The van der Waals surface area contributed by atoms with E-state index in [-0.39, 0.29) is 5.91 Å². The fraction of sp³-hybridized carbons (Fsp3) is 0.333. The van der Waals surface area contributed by atoms with Crippen LogP contribution >= 0.6 is 15.9 Å². The predicted molar refractivity (Wildman–Crippen MR) is 117 cm³/mol. The summed E-state index contributed by atoms with van der Waals surface area (Å²) in [4.78, 5) is 16.3. The maximum Gasteiger partial charge on any atom is 0.251 e. The number of benzene rings is 2. The number of hydrogen-bond donors (Lipinski definition) is 3. The molecule has 28 heavy (non-hydrogen) atoms. The van der Waals surface area contributed by atoms with Gasteiger partial charge in [-0.1, -0.05) is 28.1 Å². The van der Waals surface area contributed by atoms with E-state index in [0.717, 1.165) is 42.1 Å². The Hall–Kier alpha value is -2.54. The van der Waals surface area contributed by atoms with E-state index >= 15 is 0 Å². The van der Waals surface area contributed by atoms with Crippen molar-refractivity contribution in [2.45, 2.75) is 12.8 Å². The average Bonchev–Trinajstić information content (AvgIpc) is 2.73. The summed E-state index contributed by atoms with van der Waals surface area (Å²) in [6, 6.07) is 15.4. The number of carbonyl (C=O) groups excluding carboxylic acids is 1. The molecule has 0 fully saturated rings. The Morgan fingerprint density at radius 2 is 1.61 bits per heavy atom. The van der Waals surface area contributed by atoms with Gasteiger partial charge < -0.3 is 20.7 Å². The van der Waals surface area contributed by atoms with Crippen molar-refractivity contribution in [2.24, 2.45) is 4.99 Å². The van der Waals surface area contributed by atoms with Crippen LogP contribution in [0.1, 0.15) is 22.3 Å². The van der Waals surface area contributed by atoms with Crippen molar-refractivity contribution >= 4 is 27.8 Å². The summed E-state index contributed by atoms with van der Waals surface area (Å²) in [5.74, 6) is 1.56. The molecule has 0 aliphatic carbocycles. The first-order chi connectivity index (χ1) is 13.6. The van der Waals surface area contributed by atoms with Crippen molar-refractivity contribution in [3.63, 3.8) is 0 Å². The van der Waals surface area contributed by atoms with E-state index in [2.05, 4.69) is 49.0 Å².